The first-order valence-corrected chi connectivity index (χ1v) is 7.52. The van der Waals surface area contributed by atoms with Crippen molar-refractivity contribution in [2.45, 2.75) is 31.4 Å². The summed E-state index contributed by atoms with van der Waals surface area (Å²) in [5.41, 5.74) is 0.988. The number of anilines is 1. The number of nitro benzene ring substituents is 1. The van der Waals surface area contributed by atoms with Gasteiger partial charge < -0.3 is 10.1 Å². The maximum absolute atomic E-state index is 12.9. The van der Waals surface area contributed by atoms with E-state index < -0.39 is 16.9 Å². The smallest absolute Gasteiger partial charge is 0.296 e. The average molecular weight is 334 g/mol. The highest BCUT2D eigenvalue weighted by Crippen LogP contribution is 2.40. The van der Waals surface area contributed by atoms with Crippen molar-refractivity contribution in [2.75, 3.05) is 5.32 Å². The second kappa shape index (κ2) is 6.43. The van der Waals surface area contributed by atoms with Crippen LogP contribution in [-0.2, 0) is 6.61 Å². The molecule has 0 radical (unpaired) electrons. The Morgan fingerprint density at radius 1 is 1.21 bits per heavy atom. The van der Waals surface area contributed by atoms with Crippen molar-refractivity contribution in [3.63, 3.8) is 0 Å². The molecule has 0 aromatic heterocycles. The Morgan fingerprint density at radius 2 is 1.92 bits per heavy atom. The molecule has 0 atom stereocenters. The fourth-order valence-corrected chi connectivity index (χ4v) is 2.60. The highest BCUT2D eigenvalue weighted by atomic mass is 19.3. The van der Waals surface area contributed by atoms with Gasteiger partial charge in [0.05, 0.1) is 11.0 Å². The minimum atomic E-state index is -2.68. The third-order valence-electron chi connectivity index (χ3n) is 3.86. The van der Waals surface area contributed by atoms with E-state index in [2.05, 4.69) is 5.32 Å². The molecule has 0 heterocycles. The number of hydrogen-bond donors (Lipinski definition) is 1. The molecule has 1 saturated carbocycles. The summed E-state index contributed by atoms with van der Waals surface area (Å²) in [5.74, 6) is -2.32. The van der Waals surface area contributed by atoms with Gasteiger partial charge in [-0.15, -0.1) is 0 Å². The van der Waals surface area contributed by atoms with Crippen molar-refractivity contribution in [3.05, 3.63) is 64.2 Å². The number of nitrogens with zero attached hydrogens (tertiary/aromatic N) is 1. The lowest BCUT2D eigenvalue weighted by atomic mass is 9.88. The molecule has 1 aliphatic carbocycles. The number of hydrogen-bond acceptors (Lipinski definition) is 4. The van der Waals surface area contributed by atoms with Crippen molar-refractivity contribution in [1.82, 2.24) is 0 Å². The van der Waals surface area contributed by atoms with Crippen LogP contribution in [0.2, 0.25) is 0 Å². The summed E-state index contributed by atoms with van der Waals surface area (Å²) in [6.45, 7) is 0.291. The molecule has 5 nitrogen and oxygen atoms in total. The van der Waals surface area contributed by atoms with Gasteiger partial charge in [0.15, 0.2) is 0 Å². The number of nitro groups is 1. The molecule has 0 saturated heterocycles. The lowest BCUT2D eigenvalue weighted by Gasteiger charge is -2.35. The van der Waals surface area contributed by atoms with Crippen LogP contribution in [-0.4, -0.2) is 16.9 Å². The molecule has 1 N–H and O–H groups in total. The summed E-state index contributed by atoms with van der Waals surface area (Å²) in [4.78, 5) is 10.7. The zero-order chi connectivity index (χ0) is 17.2. The van der Waals surface area contributed by atoms with E-state index in [-0.39, 0.29) is 24.2 Å². The molecule has 0 spiro atoms. The van der Waals surface area contributed by atoms with Gasteiger partial charge in [0.1, 0.15) is 18.0 Å². The first-order valence-electron chi connectivity index (χ1n) is 7.52. The van der Waals surface area contributed by atoms with Crippen LogP contribution in [0.25, 0.3) is 0 Å². The molecule has 2 aromatic rings. The third kappa shape index (κ3) is 3.79. The van der Waals surface area contributed by atoms with E-state index in [1.165, 1.54) is 12.1 Å². The standard InChI is InChI=1S/C17H16F2N2O3/c18-17(19)9-13(10-17)20-15-7-6-14(8-16(15)21(22)23)24-11-12-4-2-1-3-5-12/h1-8,13,20H,9-11H2. The van der Waals surface area contributed by atoms with Crippen molar-refractivity contribution >= 4 is 11.4 Å². The third-order valence-corrected chi connectivity index (χ3v) is 3.86. The van der Waals surface area contributed by atoms with Gasteiger partial charge in [0.25, 0.3) is 11.6 Å². The van der Waals surface area contributed by atoms with Crippen LogP contribution in [0, 0.1) is 10.1 Å². The maximum atomic E-state index is 12.9. The van der Waals surface area contributed by atoms with Crippen LogP contribution < -0.4 is 10.1 Å². The van der Waals surface area contributed by atoms with Gasteiger partial charge in [0.2, 0.25) is 0 Å². The van der Waals surface area contributed by atoms with E-state index in [0.29, 0.717) is 12.4 Å². The molecule has 3 rings (SSSR count). The summed E-state index contributed by atoms with van der Waals surface area (Å²) in [7, 11) is 0. The lowest BCUT2D eigenvalue weighted by molar-refractivity contribution is -0.384. The SMILES string of the molecule is O=[N+]([O-])c1cc(OCc2ccccc2)ccc1NC1CC(F)(F)C1. The Balaban J connectivity index is 1.69. The number of benzene rings is 2. The molecule has 1 aliphatic rings. The molecular weight excluding hydrogens is 318 g/mol. The molecule has 1 fully saturated rings. The zero-order valence-corrected chi connectivity index (χ0v) is 12.7. The van der Waals surface area contributed by atoms with E-state index in [1.54, 1.807) is 6.07 Å². The fourth-order valence-electron chi connectivity index (χ4n) is 2.60. The highest BCUT2D eigenvalue weighted by molar-refractivity contribution is 5.64. The predicted octanol–water partition coefficient (Wildman–Crippen LogP) is 4.38. The van der Waals surface area contributed by atoms with Gasteiger partial charge in [-0.1, -0.05) is 30.3 Å². The van der Waals surface area contributed by atoms with E-state index in [0.717, 1.165) is 5.56 Å². The second-order valence-electron chi connectivity index (χ2n) is 5.82. The van der Waals surface area contributed by atoms with E-state index in [9.17, 15) is 18.9 Å². The number of alkyl halides is 2. The first-order chi connectivity index (χ1) is 11.4. The Bertz CT molecular complexity index is 730. The van der Waals surface area contributed by atoms with Crippen molar-refractivity contribution in [2.24, 2.45) is 0 Å². The van der Waals surface area contributed by atoms with Crippen LogP contribution in [0.1, 0.15) is 18.4 Å². The second-order valence-corrected chi connectivity index (χ2v) is 5.82. The zero-order valence-electron chi connectivity index (χ0n) is 12.7. The molecular formula is C17H16F2N2O3. The number of nitrogens with one attached hydrogen (secondary N) is 1. The van der Waals surface area contributed by atoms with Crippen LogP contribution in [0.5, 0.6) is 5.75 Å². The lowest BCUT2D eigenvalue weighted by Crippen LogP contribution is -2.44. The van der Waals surface area contributed by atoms with Gasteiger partial charge in [-0.2, -0.15) is 0 Å². The van der Waals surface area contributed by atoms with Gasteiger partial charge in [-0.05, 0) is 17.7 Å². The largest absolute Gasteiger partial charge is 0.489 e. The highest BCUT2D eigenvalue weighted by Gasteiger charge is 2.45. The molecule has 7 heteroatoms. The first kappa shape index (κ1) is 16.2. The number of halogens is 2. The van der Waals surface area contributed by atoms with Crippen LogP contribution >= 0.6 is 0 Å². The van der Waals surface area contributed by atoms with E-state index in [4.69, 9.17) is 4.74 Å². The molecule has 0 bridgehead atoms. The molecule has 2 aromatic carbocycles. The number of ether oxygens (including phenoxy) is 1. The molecule has 0 unspecified atom stereocenters. The van der Waals surface area contributed by atoms with Crippen molar-refractivity contribution in [3.8, 4) is 5.75 Å². The summed E-state index contributed by atoms with van der Waals surface area (Å²) in [6.07, 6.45) is -0.618. The van der Waals surface area contributed by atoms with Crippen LogP contribution in [0.15, 0.2) is 48.5 Å². The molecule has 0 amide bonds. The van der Waals surface area contributed by atoms with Gasteiger partial charge >= 0.3 is 0 Å². The van der Waals surface area contributed by atoms with E-state index >= 15 is 0 Å². The maximum Gasteiger partial charge on any atom is 0.296 e. The number of rotatable bonds is 6. The quantitative estimate of drug-likeness (QED) is 0.629. The normalized spacial score (nSPS) is 16.2. The Labute approximate surface area is 137 Å². The summed E-state index contributed by atoms with van der Waals surface area (Å²) < 4.78 is 31.3. The summed E-state index contributed by atoms with van der Waals surface area (Å²) in [5, 5.41) is 14.0. The van der Waals surface area contributed by atoms with Crippen LogP contribution in [0.3, 0.4) is 0 Å². The van der Waals surface area contributed by atoms with Gasteiger partial charge in [-0.25, -0.2) is 8.78 Å². The monoisotopic (exact) mass is 334 g/mol. The Morgan fingerprint density at radius 3 is 2.54 bits per heavy atom. The van der Waals surface area contributed by atoms with Crippen molar-refractivity contribution in [1.29, 1.82) is 0 Å². The molecule has 126 valence electrons. The van der Waals surface area contributed by atoms with Gasteiger partial charge in [-0.3, -0.25) is 10.1 Å². The topological polar surface area (TPSA) is 64.4 Å². The predicted molar refractivity (Wildman–Crippen MR) is 85.5 cm³/mol. The average Bonchev–Trinajstić information content (AvgIpc) is 2.53. The Hall–Kier alpha value is -2.70. The van der Waals surface area contributed by atoms with Crippen LogP contribution in [0.4, 0.5) is 20.2 Å². The Kier molecular flexibility index (Phi) is 4.33. The fraction of sp³-hybridized carbons (Fsp3) is 0.294. The summed E-state index contributed by atoms with van der Waals surface area (Å²) >= 11 is 0. The summed E-state index contributed by atoms with van der Waals surface area (Å²) in [6, 6.07) is 13.4. The molecule has 0 aliphatic heterocycles. The van der Waals surface area contributed by atoms with E-state index in [1.807, 2.05) is 30.3 Å². The minimum Gasteiger partial charge on any atom is -0.489 e. The van der Waals surface area contributed by atoms with Gasteiger partial charge in [0, 0.05) is 18.9 Å². The molecule has 24 heavy (non-hydrogen) atoms. The minimum absolute atomic E-state index is 0.184. The van der Waals surface area contributed by atoms with Crippen molar-refractivity contribution < 1.29 is 18.4 Å².